The van der Waals surface area contributed by atoms with E-state index in [4.69, 9.17) is 0 Å². The molecule has 0 bridgehead atoms. The Morgan fingerprint density at radius 2 is 1.76 bits per heavy atom. The predicted molar refractivity (Wildman–Crippen MR) is 84.7 cm³/mol. The molecule has 1 saturated carbocycles. The molecule has 2 fully saturated rings. The zero-order valence-corrected chi connectivity index (χ0v) is 13.3. The SMILES string of the molecule is O=S(=O)(C1CC1)N1CCCN(CCc2ccccc2)CC1. The largest absolute Gasteiger partial charge is 0.302 e. The molecule has 3 rings (SSSR count). The lowest BCUT2D eigenvalue weighted by Crippen LogP contribution is -2.37. The first-order valence-electron chi connectivity index (χ1n) is 7.91. The molecule has 21 heavy (non-hydrogen) atoms. The van der Waals surface area contributed by atoms with Crippen molar-refractivity contribution in [1.82, 2.24) is 9.21 Å². The average molecular weight is 308 g/mol. The van der Waals surface area contributed by atoms with Gasteiger partial charge >= 0.3 is 0 Å². The minimum Gasteiger partial charge on any atom is -0.302 e. The fourth-order valence-electron chi connectivity index (χ4n) is 2.93. The number of rotatable bonds is 5. The lowest BCUT2D eigenvalue weighted by atomic mass is 10.1. The van der Waals surface area contributed by atoms with Gasteiger partial charge in [0.2, 0.25) is 10.0 Å². The van der Waals surface area contributed by atoms with E-state index in [-0.39, 0.29) is 5.25 Å². The first kappa shape index (κ1) is 15.0. The van der Waals surface area contributed by atoms with Gasteiger partial charge in [-0.2, -0.15) is 0 Å². The Bertz CT molecular complexity index is 555. The Morgan fingerprint density at radius 3 is 2.48 bits per heavy atom. The maximum atomic E-state index is 12.3. The van der Waals surface area contributed by atoms with Crippen LogP contribution in [0.3, 0.4) is 0 Å². The van der Waals surface area contributed by atoms with E-state index in [9.17, 15) is 8.42 Å². The summed E-state index contributed by atoms with van der Waals surface area (Å²) in [5.74, 6) is 0. The molecule has 4 nitrogen and oxygen atoms in total. The molecule has 0 unspecified atom stereocenters. The third-order valence-electron chi connectivity index (χ3n) is 4.41. The molecule has 0 radical (unpaired) electrons. The molecule has 116 valence electrons. The number of hydrogen-bond acceptors (Lipinski definition) is 3. The molecule has 1 aliphatic heterocycles. The van der Waals surface area contributed by atoms with Gasteiger partial charge in [-0.05, 0) is 37.8 Å². The molecule has 5 heteroatoms. The second-order valence-corrected chi connectivity index (χ2v) is 8.29. The second kappa shape index (κ2) is 6.46. The highest BCUT2D eigenvalue weighted by Crippen LogP contribution is 2.31. The van der Waals surface area contributed by atoms with E-state index in [2.05, 4.69) is 29.2 Å². The van der Waals surface area contributed by atoms with Gasteiger partial charge in [-0.25, -0.2) is 12.7 Å². The summed E-state index contributed by atoms with van der Waals surface area (Å²) in [4.78, 5) is 2.40. The Labute approximate surface area is 127 Å². The lowest BCUT2D eigenvalue weighted by molar-refractivity contribution is 0.290. The van der Waals surface area contributed by atoms with Crippen LogP contribution in [0.4, 0.5) is 0 Å². The molecule has 0 amide bonds. The van der Waals surface area contributed by atoms with E-state index in [1.54, 1.807) is 4.31 Å². The maximum Gasteiger partial charge on any atom is 0.217 e. The van der Waals surface area contributed by atoms with E-state index in [0.29, 0.717) is 13.1 Å². The third-order valence-corrected chi connectivity index (χ3v) is 6.81. The normalized spacial score (nSPS) is 22.1. The highest BCUT2D eigenvalue weighted by Gasteiger charge is 2.40. The van der Waals surface area contributed by atoms with Crippen LogP contribution >= 0.6 is 0 Å². The first-order valence-corrected chi connectivity index (χ1v) is 9.42. The molecule has 0 N–H and O–H groups in total. The fourth-order valence-corrected chi connectivity index (χ4v) is 4.81. The van der Waals surface area contributed by atoms with E-state index in [1.807, 2.05) is 6.07 Å². The van der Waals surface area contributed by atoms with Gasteiger partial charge in [0, 0.05) is 26.2 Å². The highest BCUT2D eigenvalue weighted by atomic mass is 32.2. The van der Waals surface area contributed by atoms with E-state index in [1.165, 1.54) is 5.56 Å². The van der Waals surface area contributed by atoms with Crippen LogP contribution in [0.1, 0.15) is 24.8 Å². The van der Waals surface area contributed by atoms with Crippen molar-refractivity contribution >= 4 is 10.0 Å². The van der Waals surface area contributed by atoms with Crippen molar-refractivity contribution in [1.29, 1.82) is 0 Å². The summed E-state index contributed by atoms with van der Waals surface area (Å²) < 4.78 is 26.3. The van der Waals surface area contributed by atoms with Gasteiger partial charge in [0.15, 0.2) is 0 Å². The number of sulfonamides is 1. The molecule has 0 atom stereocenters. The predicted octanol–water partition coefficient (Wildman–Crippen LogP) is 1.73. The van der Waals surface area contributed by atoms with Crippen molar-refractivity contribution < 1.29 is 8.42 Å². The smallest absolute Gasteiger partial charge is 0.217 e. The molecule has 1 aliphatic carbocycles. The van der Waals surface area contributed by atoms with Gasteiger partial charge in [-0.15, -0.1) is 0 Å². The van der Waals surface area contributed by atoms with Crippen molar-refractivity contribution in [2.45, 2.75) is 30.9 Å². The Hall–Kier alpha value is -0.910. The van der Waals surface area contributed by atoms with Crippen molar-refractivity contribution in [3.8, 4) is 0 Å². The lowest BCUT2D eigenvalue weighted by Gasteiger charge is -2.21. The van der Waals surface area contributed by atoms with Crippen LogP contribution < -0.4 is 0 Å². The van der Waals surface area contributed by atoms with Crippen molar-refractivity contribution in [3.05, 3.63) is 35.9 Å². The summed E-state index contributed by atoms with van der Waals surface area (Å²) >= 11 is 0. The molecular formula is C16H24N2O2S. The molecule has 1 saturated heterocycles. The summed E-state index contributed by atoms with van der Waals surface area (Å²) in [5, 5.41) is -0.0756. The maximum absolute atomic E-state index is 12.3. The van der Waals surface area contributed by atoms with Gasteiger partial charge in [0.1, 0.15) is 0 Å². The monoisotopic (exact) mass is 308 g/mol. The topological polar surface area (TPSA) is 40.6 Å². The van der Waals surface area contributed by atoms with E-state index in [0.717, 1.165) is 45.3 Å². The highest BCUT2D eigenvalue weighted by molar-refractivity contribution is 7.90. The van der Waals surface area contributed by atoms with E-state index < -0.39 is 10.0 Å². The van der Waals surface area contributed by atoms with Crippen LogP contribution in [-0.2, 0) is 16.4 Å². The van der Waals surface area contributed by atoms with Crippen LogP contribution in [0.25, 0.3) is 0 Å². The van der Waals surface area contributed by atoms with Crippen LogP contribution in [-0.4, -0.2) is 55.6 Å². The fraction of sp³-hybridized carbons (Fsp3) is 0.625. The number of benzene rings is 1. The van der Waals surface area contributed by atoms with Gasteiger partial charge in [-0.3, -0.25) is 0 Å². The quantitative estimate of drug-likeness (QED) is 0.832. The number of hydrogen-bond donors (Lipinski definition) is 0. The minimum absolute atomic E-state index is 0.0756. The molecule has 1 aromatic carbocycles. The van der Waals surface area contributed by atoms with Gasteiger partial charge in [0.05, 0.1) is 5.25 Å². The second-order valence-electron chi connectivity index (χ2n) is 6.07. The Balaban J connectivity index is 1.51. The molecule has 2 aliphatic rings. The summed E-state index contributed by atoms with van der Waals surface area (Å²) in [6.07, 6.45) is 3.70. The summed E-state index contributed by atoms with van der Waals surface area (Å²) in [6.45, 7) is 4.23. The van der Waals surface area contributed by atoms with Crippen molar-refractivity contribution in [3.63, 3.8) is 0 Å². The summed E-state index contributed by atoms with van der Waals surface area (Å²) in [5.41, 5.74) is 1.35. The van der Waals surface area contributed by atoms with Crippen molar-refractivity contribution in [2.24, 2.45) is 0 Å². The summed E-state index contributed by atoms with van der Waals surface area (Å²) in [7, 11) is -3.00. The molecule has 0 spiro atoms. The average Bonchev–Trinajstić information content (AvgIpc) is 3.33. The number of nitrogens with zero attached hydrogens (tertiary/aromatic N) is 2. The Kier molecular flexibility index (Phi) is 4.62. The van der Waals surface area contributed by atoms with Crippen LogP contribution in [0.15, 0.2) is 30.3 Å². The Morgan fingerprint density at radius 1 is 1.00 bits per heavy atom. The molecule has 1 heterocycles. The van der Waals surface area contributed by atoms with Gasteiger partial charge < -0.3 is 4.90 Å². The molecular weight excluding hydrogens is 284 g/mol. The first-order chi connectivity index (χ1) is 10.2. The zero-order valence-electron chi connectivity index (χ0n) is 12.4. The third kappa shape index (κ3) is 3.84. The zero-order chi connectivity index (χ0) is 14.7. The standard InChI is InChI=1S/C16H24N2O2S/c19-21(20,16-7-8-16)18-11-4-10-17(13-14-18)12-9-15-5-2-1-3-6-15/h1-3,5-6,16H,4,7-14H2. The van der Waals surface area contributed by atoms with Gasteiger partial charge in [-0.1, -0.05) is 30.3 Å². The minimum atomic E-state index is -3.00. The van der Waals surface area contributed by atoms with E-state index >= 15 is 0 Å². The van der Waals surface area contributed by atoms with Crippen LogP contribution in [0, 0.1) is 0 Å². The van der Waals surface area contributed by atoms with Crippen molar-refractivity contribution in [2.75, 3.05) is 32.7 Å². The molecule has 1 aromatic rings. The molecule has 0 aromatic heterocycles. The van der Waals surface area contributed by atoms with Crippen LogP contribution in [0.5, 0.6) is 0 Å². The van der Waals surface area contributed by atoms with Crippen LogP contribution in [0.2, 0.25) is 0 Å². The van der Waals surface area contributed by atoms with Gasteiger partial charge in [0.25, 0.3) is 0 Å². The summed E-state index contributed by atoms with van der Waals surface area (Å²) in [6, 6.07) is 10.5.